The van der Waals surface area contributed by atoms with Crippen molar-refractivity contribution in [2.75, 3.05) is 26.2 Å². The molecule has 2 atom stereocenters. The van der Waals surface area contributed by atoms with Crippen LogP contribution < -0.4 is 10.6 Å². The Morgan fingerprint density at radius 3 is 2.61 bits per heavy atom. The van der Waals surface area contributed by atoms with Crippen LogP contribution in [0, 0.1) is 5.92 Å². The van der Waals surface area contributed by atoms with Gasteiger partial charge in [0.05, 0.1) is 5.92 Å². The average Bonchev–Trinajstić information content (AvgIpc) is 2.89. The number of aromatic nitrogens is 1. The number of nitrogens with one attached hydrogen (secondary N) is 2. The number of fused-ring (bicyclic) bond motifs is 1. The SMILES string of the molecule is O=C1NCCCCCCN(Cc2ccncc2)[C@@H]2CN(C(=O)NCc3ccccc3)CC[C@@H]12. The predicted molar refractivity (Wildman–Crippen MR) is 128 cm³/mol. The minimum atomic E-state index is -0.108. The maximum absolute atomic E-state index is 13.1. The zero-order valence-corrected chi connectivity index (χ0v) is 19.3. The Labute approximate surface area is 196 Å². The third-order valence-electron chi connectivity index (χ3n) is 6.77. The number of carbonyl (C=O) groups excluding carboxylic acids is 2. The van der Waals surface area contributed by atoms with Crippen LogP contribution in [0.15, 0.2) is 54.9 Å². The molecule has 0 saturated carbocycles. The van der Waals surface area contributed by atoms with E-state index in [0.29, 0.717) is 26.1 Å². The zero-order chi connectivity index (χ0) is 22.9. The molecule has 33 heavy (non-hydrogen) atoms. The average molecular weight is 450 g/mol. The van der Waals surface area contributed by atoms with Crippen molar-refractivity contribution in [1.82, 2.24) is 25.4 Å². The van der Waals surface area contributed by atoms with Crippen molar-refractivity contribution in [2.24, 2.45) is 5.92 Å². The molecule has 2 N–H and O–H groups in total. The van der Waals surface area contributed by atoms with Crippen LogP contribution in [0.25, 0.3) is 0 Å². The molecule has 2 saturated heterocycles. The van der Waals surface area contributed by atoms with E-state index >= 15 is 0 Å². The van der Waals surface area contributed by atoms with Crippen molar-refractivity contribution in [3.63, 3.8) is 0 Å². The molecule has 0 aliphatic carbocycles. The normalized spacial score (nSPS) is 22.5. The first-order chi connectivity index (χ1) is 16.2. The quantitative estimate of drug-likeness (QED) is 0.752. The molecule has 176 valence electrons. The summed E-state index contributed by atoms with van der Waals surface area (Å²) in [4.78, 5) is 34.6. The number of amides is 3. The summed E-state index contributed by atoms with van der Waals surface area (Å²) in [6.07, 6.45) is 8.73. The molecule has 0 bridgehead atoms. The van der Waals surface area contributed by atoms with Crippen molar-refractivity contribution in [3.05, 3.63) is 66.0 Å². The van der Waals surface area contributed by atoms with Crippen LogP contribution >= 0.6 is 0 Å². The van der Waals surface area contributed by atoms with Crippen LogP contribution in [-0.4, -0.2) is 58.9 Å². The third kappa shape index (κ3) is 6.54. The summed E-state index contributed by atoms with van der Waals surface area (Å²) in [7, 11) is 0. The minimum absolute atomic E-state index is 0.00695. The fourth-order valence-corrected chi connectivity index (χ4v) is 4.90. The molecule has 2 aromatic rings. The topological polar surface area (TPSA) is 77.6 Å². The molecule has 3 heterocycles. The predicted octanol–water partition coefficient (Wildman–Crippen LogP) is 3.17. The molecule has 1 aromatic heterocycles. The second-order valence-corrected chi connectivity index (χ2v) is 9.08. The van der Waals surface area contributed by atoms with Crippen LogP contribution in [-0.2, 0) is 17.9 Å². The molecule has 7 heteroatoms. The first-order valence-corrected chi connectivity index (χ1v) is 12.2. The molecule has 2 fully saturated rings. The molecule has 0 spiro atoms. The molecule has 1 aromatic carbocycles. The lowest BCUT2D eigenvalue weighted by Gasteiger charge is -2.43. The summed E-state index contributed by atoms with van der Waals surface area (Å²) in [5, 5.41) is 6.22. The number of hydrogen-bond donors (Lipinski definition) is 2. The van der Waals surface area contributed by atoms with Crippen molar-refractivity contribution in [3.8, 4) is 0 Å². The zero-order valence-electron chi connectivity index (χ0n) is 19.3. The van der Waals surface area contributed by atoms with Gasteiger partial charge in [0.25, 0.3) is 0 Å². The Bertz CT molecular complexity index is 892. The number of likely N-dealkylation sites (tertiary alicyclic amines) is 1. The molecular weight excluding hydrogens is 414 g/mol. The summed E-state index contributed by atoms with van der Waals surface area (Å²) in [5.74, 6) is 0.0223. The number of nitrogens with zero attached hydrogens (tertiary/aromatic N) is 3. The molecule has 0 radical (unpaired) electrons. The Morgan fingerprint density at radius 2 is 1.79 bits per heavy atom. The van der Waals surface area contributed by atoms with Crippen LogP contribution in [0.2, 0.25) is 0 Å². The molecule has 2 aliphatic rings. The summed E-state index contributed by atoms with van der Waals surface area (Å²) >= 11 is 0. The highest BCUT2D eigenvalue weighted by atomic mass is 16.2. The molecule has 3 amide bonds. The van der Waals surface area contributed by atoms with E-state index in [1.54, 1.807) is 0 Å². The van der Waals surface area contributed by atoms with Gasteiger partial charge >= 0.3 is 6.03 Å². The van der Waals surface area contributed by atoms with E-state index in [9.17, 15) is 9.59 Å². The van der Waals surface area contributed by atoms with Gasteiger partial charge in [0.1, 0.15) is 0 Å². The number of urea groups is 1. The summed E-state index contributed by atoms with van der Waals surface area (Å²) < 4.78 is 0. The summed E-state index contributed by atoms with van der Waals surface area (Å²) in [6.45, 7) is 4.09. The highest BCUT2D eigenvalue weighted by Gasteiger charge is 2.39. The van der Waals surface area contributed by atoms with Crippen LogP contribution in [0.1, 0.15) is 43.2 Å². The number of piperidine rings is 1. The largest absolute Gasteiger partial charge is 0.356 e. The fraction of sp³-hybridized carbons (Fsp3) is 0.500. The van der Waals surface area contributed by atoms with E-state index in [0.717, 1.165) is 50.9 Å². The van der Waals surface area contributed by atoms with Crippen LogP contribution in [0.3, 0.4) is 0 Å². The number of hydrogen-bond acceptors (Lipinski definition) is 4. The van der Waals surface area contributed by atoms with Gasteiger partial charge in [-0.25, -0.2) is 4.79 Å². The fourth-order valence-electron chi connectivity index (χ4n) is 4.90. The number of pyridine rings is 1. The van der Waals surface area contributed by atoms with Gasteiger partial charge in [-0.2, -0.15) is 0 Å². The second kappa shape index (κ2) is 11.8. The van der Waals surface area contributed by atoms with Gasteiger partial charge in [0.15, 0.2) is 0 Å². The van der Waals surface area contributed by atoms with Gasteiger partial charge in [0, 0.05) is 51.2 Å². The Morgan fingerprint density at radius 1 is 1.00 bits per heavy atom. The highest BCUT2D eigenvalue weighted by molar-refractivity contribution is 5.80. The lowest BCUT2D eigenvalue weighted by atomic mass is 9.89. The molecule has 7 nitrogen and oxygen atoms in total. The van der Waals surface area contributed by atoms with Crippen LogP contribution in [0.5, 0.6) is 0 Å². The summed E-state index contributed by atoms with van der Waals surface area (Å²) in [5.41, 5.74) is 2.26. The van der Waals surface area contributed by atoms with E-state index in [2.05, 4.69) is 20.5 Å². The smallest absolute Gasteiger partial charge is 0.317 e. The second-order valence-electron chi connectivity index (χ2n) is 9.08. The number of benzene rings is 1. The Hall–Kier alpha value is -2.93. The first kappa shape index (κ1) is 23.2. The highest BCUT2D eigenvalue weighted by Crippen LogP contribution is 2.26. The van der Waals surface area contributed by atoms with E-state index in [1.165, 1.54) is 5.56 Å². The maximum Gasteiger partial charge on any atom is 0.317 e. The van der Waals surface area contributed by atoms with Crippen molar-refractivity contribution < 1.29 is 9.59 Å². The van der Waals surface area contributed by atoms with Gasteiger partial charge in [-0.05, 0) is 49.1 Å². The maximum atomic E-state index is 13.1. The van der Waals surface area contributed by atoms with Gasteiger partial charge < -0.3 is 15.5 Å². The van der Waals surface area contributed by atoms with E-state index in [-0.39, 0.29) is 23.9 Å². The minimum Gasteiger partial charge on any atom is -0.356 e. The van der Waals surface area contributed by atoms with E-state index in [4.69, 9.17) is 0 Å². The Kier molecular flexibility index (Phi) is 8.30. The first-order valence-electron chi connectivity index (χ1n) is 12.2. The number of rotatable bonds is 4. The molecule has 2 aliphatic heterocycles. The standard InChI is InChI=1S/C26H35N5O2/c32-25-23-12-17-31(26(33)29-18-21-8-4-3-5-9-21)20-24(23)30(16-7-2-1-6-13-28-25)19-22-10-14-27-15-11-22/h3-5,8-11,14-15,23-24H,1-2,6-7,12-13,16-20H2,(H,28,32)(H,29,33)/t23-,24-/m1/s1. The third-order valence-corrected chi connectivity index (χ3v) is 6.77. The van der Waals surface area contributed by atoms with Crippen molar-refractivity contribution in [1.29, 1.82) is 0 Å². The monoisotopic (exact) mass is 449 g/mol. The molecular formula is C26H35N5O2. The lowest BCUT2D eigenvalue weighted by Crippen LogP contribution is -2.58. The summed E-state index contributed by atoms with van der Waals surface area (Å²) in [6, 6.07) is 14.0. The molecule has 0 unspecified atom stereocenters. The Balaban J connectivity index is 1.49. The van der Waals surface area contributed by atoms with Gasteiger partial charge in [-0.3, -0.25) is 14.7 Å². The lowest BCUT2D eigenvalue weighted by molar-refractivity contribution is -0.129. The van der Waals surface area contributed by atoms with Gasteiger partial charge in [0.2, 0.25) is 5.91 Å². The van der Waals surface area contributed by atoms with E-state index in [1.807, 2.05) is 59.8 Å². The van der Waals surface area contributed by atoms with E-state index < -0.39 is 0 Å². The van der Waals surface area contributed by atoms with Gasteiger partial charge in [-0.15, -0.1) is 0 Å². The van der Waals surface area contributed by atoms with Gasteiger partial charge in [-0.1, -0.05) is 43.2 Å². The van der Waals surface area contributed by atoms with Crippen LogP contribution in [0.4, 0.5) is 4.79 Å². The van der Waals surface area contributed by atoms with Crippen molar-refractivity contribution >= 4 is 11.9 Å². The van der Waals surface area contributed by atoms with Crippen molar-refractivity contribution in [2.45, 2.75) is 51.2 Å². The molecule has 4 rings (SSSR count). The number of carbonyl (C=O) groups is 2.